The maximum absolute atomic E-state index is 11.1. The van der Waals surface area contributed by atoms with Gasteiger partial charge in [-0.3, -0.25) is 4.57 Å². The number of carboxylic acid groups (broad SMARTS) is 2. The van der Waals surface area contributed by atoms with E-state index >= 15 is 0 Å². The summed E-state index contributed by atoms with van der Waals surface area (Å²) in [5, 5.41) is 14.8. The Labute approximate surface area is 98.9 Å². The number of hydrogen-bond donors (Lipinski definition) is 4. The zero-order valence-corrected chi connectivity index (χ0v) is 10.8. The van der Waals surface area contributed by atoms with E-state index in [1.54, 1.807) is 6.92 Å². The Bertz CT molecular complexity index is 292. The van der Waals surface area contributed by atoms with Gasteiger partial charge in [-0.15, -0.1) is 0 Å². The number of carboxylic acids is 2. The highest BCUT2D eigenvalue weighted by Gasteiger charge is 2.26. The Morgan fingerprint density at radius 2 is 1.65 bits per heavy atom. The van der Waals surface area contributed by atoms with Crippen LogP contribution in [0.2, 0.25) is 0 Å². The van der Waals surface area contributed by atoms with Crippen molar-refractivity contribution < 1.29 is 33.8 Å². The van der Waals surface area contributed by atoms with Crippen molar-refractivity contribution in [2.45, 2.75) is 39.1 Å². The summed E-state index contributed by atoms with van der Waals surface area (Å²) >= 11 is 0. The lowest BCUT2D eigenvalue weighted by molar-refractivity contribution is -0.159. The van der Waals surface area contributed by atoms with Crippen molar-refractivity contribution >= 4 is 19.5 Å². The van der Waals surface area contributed by atoms with Gasteiger partial charge in [0.2, 0.25) is 0 Å². The monoisotopic (exact) mass is 271 g/mol. The first kappa shape index (κ1) is 18.4. The van der Waals surface area contributed by atoms with Gasteiger partial charge in [0.05, 0.1) is 6.10 Å². The Hall–Kier alpha value is -0.950. The van der Waals surface area contributed by atoms with Crippen LogP contribution < -0.4 is 5.73 Å². The van der Waals surface area contributed by atoms with Gasteiger partial charge < -0.3 is 25.4 Å². The molecule has 3 unspecified atom stereocenters. The van der Waals surface area contributed by atoms with Gasteiger partial charge in [-0.25, -0.2) is 9.59 Å². The van der Waals surface area contributed by atoms with Crippen LogP contribution in [0, 0.1) is 0 Å². The zero-order chi connectivity index (χ0) is 14.2. The van der Waals surface area contributed by atoms with Gasteiger partial charge in [0.25, 0.3) is 0 Å². The fraction of sp³-hybridized carbons (Fsp3) is 0.750. The highest BCUT2D eigenvalue weighted by molar-refractivity contribution is 7.53. The van der Waals surface area contributed by atoms with Gasteiger partial charge >= 0.3 is 19.5 Å². The molecule has 5 N–H and O–H groups in total. The lowest BCUT2D eigenvalue weighted by Crippen LogP contribution is -2.19. The normalized spacial score (nSPS) is 17.0. The van der Waals surface area contributed by atoms with Crippen LogP contribution in [-0.2, 0) is 18.7 Å². The molecule has 0 aromatic rings. The van der Waals surface area contributed by atoms with E-state index in [1.807, 2.05) is 6.92 Å². The summed E-state index contributed by atoms with van der Waals surface area (Å²) < 4.78 is 15.9. The third-order valence-corrected chi connectivity index (χ3v) is 3.29. The fourth-order valence-electron chi connectivity index (χ4n) is 0.428. The van der Waals surface area contributed by atoms with Crippen molar-refractivity contribution in [2.24, 2.45) is 5.73 Å². The second kappa shape index (κ2) is 8.19. The Morgan fingerprint density at radius 3 is 1.82 bits per heavy atom. The minimum atomic E-state index is -3.56. The number of nitrogens with two attached hydrogens (primary N) is 1. The molecule has 0 saturated heterocycles. The largest absolute Gasteiger partial charge is 0.473 e. The molecule has 102 valence electrons. The minimum absolute atomic E-state index is 0.211. The summed E-state index contributed by atoms with van der Waals surface area (Å²) in [7, 11) is -3.56. The second-order valence-corrected chi connectivity index (χ2v) is 5.39. The lowest BCUT2D eigenvalue weighted by Gasteiger charge is -2.18. The molecular weight excluding hydrogens is 253 g/mol. The van der Waals surface area contributed by atoms with Crippen molar-refractivity contribution in [3.63, 3.8) is 0 Å². The molecule has 0 amide bonds. The van der Waals surface area contributed by atoms with Crippen molar-refractivity contribution in [1.82, 2.24) is 0 Å². The summed E-state index contributed by atoms with van der Waals surface area (Å²) in [5.41, 5.74) is 5.24. The fourth-order valence-corrected chi connectivity index (χ4v) is 1.29. The van der Waals surface area contributed by atoms with Crippen molar-refractivity contribution in [3.05, 3.63) is 0 Å². The van der Waals surface area contributed by atoms with E-state index in [4.69, 9.17) is 35.0 Å². The van der Waals surface area contributed by atoms with Gasteiger partial charge in [0, 0.05) is 0 Å². The molecule has 0 bridgehead atoms. The molecule has 0 aliphatic heterocycles. The van der Waals surface area contributed by atoms with Crippen molar-refractivity contribution in [3.8, 4) is 0 Å². The topological polar surface area (TPSA) is 147 Å². The van der Waals surface area contributed by atoms with Crippen LogP contribution in [0.3, 0.4) is 0 Å². The van der Waals surface area contributed by atoms with Crippen molar-refractivity contribution in [1.29, 1.82) is 0 Å². The van der Waals surface area contributed by atoms with Crippen LogP contribution in [-0.4, -0.2) is 38.9 Å². The SMILES string of the molecule is CCC(C)OP(=O)(O)C(C)N.O=C(O)C(=O)O. The van der Waals surface area contributed by atoms with Crippen LogP contribution in [0.25, 0.3) is 0 Å². The van der Waals surface area contributed by atoms with E-state index < -0.39 is 25.3 Å². The van der Waals surface area contributed by atoms with Crippen LogP contribution in [0.4, 0.5) is 0 Å². The molecule has 0 aliphatic carbocycles. The predicted molar refractivity (Wildman–Crippen MR) is 59.6 cm³/mol. The first-order valence-electron chi connectivity index (χ1n) is 4.77. The van der Waals surface area contributed by atoms with Crippen LogP contribution in [0.15, 0.2) is 0 Å². The molecule has 0 aromatic heterocycles. The highest BCUT2D eigenvalue weighted by atomic mass is 31.2. The zero-order valence-electron chi connectivity index (χ0n) is 9.86. The Morgan fingerprint density at radius 1 is 1.29 bits per heavy atom. The molecule has 8 nitrogen and oxygen atoms in total. The highest BCUT2D eigenvalue weighted by Crippen LogP contribution is 2.46. The Balaban J connectivity index is 0. The molecule has 0 aromatic carbocycles. The maximum atomic E-state index is 11.1. The quantitative estimate of drug-likeness (QED) is 0.425. The van der Waals surface area contributed by atoms with Crippen LogP contribution in [0.5, 0.6) is 0 Å². The first-order valence-corrected chi connectivity index (χ1v) is 6.41. The summed E-state index contributed by atoms with van der Waals surface area (Å²) in [4.78, 5) is 27.3. The number of carbonyl (C=O) groups is 2. The molecule has 9 heteroatoms. The van der Waals surface area contributed by atoms with Gasteiger partial charge in [0.15, 0.2) is 0 Å². The minimum Gasteiger partial charge on any atom is -0.473 e. The number of hydrogen-bond acceptors (Lipinski definition) is 5. The molecule has 0 aliphatic rings. The molecule has 0 radical (unpaired) electrons. The Kier molecular flexibility index (Phi) is 8.87. The molecule has 0 spiro atoms. The van der Waals surface area contributed by atoms with E-state index in [0.717, 1.165) is 0 Å². The van der Waals surface area contributed by atoms with Gasteiger partial charge in [-0.05, 0) is 20.3 Å². The van der Waals surface area contributed by atoms with Gasteiger partial charge in [0.1, 0.15) is 5.78 Å². The second-order valence-electron chi connectivity index (χ2n) is 3.24. The third-order valence-electron chi connectivity index (χ3n) is 1.60. The molecule has 17 heavy (non-hydrogen) atoms. The molecular formula is C8H18NO7P. The summed E-state index contributed by atoms with van der Waals surface area (Å²) in [6, 6.07) is 0. The number of rotatable bonds is 4. The van der Waals surface area contributed by atoms with Gasteiger partial charge in [-0.1, -0.05) is 6.92 Å². The molecule has 0 rings (SSSR count). The molecule has 0 fully saturated rings. The summed E-state index contributed by atoms with van der Waals surface area (Å²) in [5.74, 6) is -4.46. The standard InChI is InChI=1S/C6H16NO3P.C2H2O4/c1-4-5(2)10-11(8,9)6(3)7;3-1(4)2(5)6/h5-6H,4,7H2,1-3H3,(H,8,9);(H,3,4)(H,5,6). The molecule has 0 heterocycles. The van der Waals surface area contributed by atoms with E-state index in [-0.39, 0.29) is 6.10 Å². The smallest absolute Gasteiger partial charge is 0.414 e. The summed E-state index contributed by atoms with van der Waals surface area (Å²) in [6.07, 6.45) is 0.494. The first-order chi connectivity index (χ1) is 7.54. The van der Waals surface area contributed by atoms with E-state index in [1.165, 1.54) is 6.92 Å². The van der Waals surface area contributed by atoms with Crippen LogP contribution >= 0.6 is 7.60 Å². The van der Waals surface area contributed by atoms with Crippen molar-refractivity contribution in [2.75, 3.05) is 0 Å². The average Bonchev–Trinajstić information content (AvgIpc) is 2.17. The third kappa shape index (κ3) is 9.95. The number of aliphatic carboxylic acids is 2. The maximum Gasteiger partial charge on any atom is 0.414 e. The molecule has 3 atom stereocenters. The lowest BCUT2D eigenvalue weighted by atomic mass is 10.3. The predicted octanol–water partition coefficient (Wildman–Crippen LogP) is 0.447. The summed E-state index contributed by atoms with van der Waals surface area (Å²) in [6.45, 7) is 5.08. The van der Waals surface area contributed by atoms with E-state index in [0.29, 0.717) is 6.42 Å². The molecule has 0 saturated carbocycles. The van der Waals surface area contributed by atoms with E-state index in [2.05, 4.69) is 0 Å². The van der Waals surface area contributed by atoms with Crippen LogP contribution in [0.1, 0.15) is 27.2 Å². The average molecular weight is 271 g/mol. The van der Waals surface area contributed by atoms with Gasteiger partial charge in [-0.2, -0.15) is 0 Å². The van der Waals surface area contributed by atoms with E-state index in [9.17, 15) is 4.57 Å².